The van der Waals surface area contributed by atoms with Crippen molar-refractivity contribution >= 4 is 46.8 Å². The SMILES string of the molecule is CC(C(=O)NC(C)(C)C)N(Cc1ccc(Cl)cc1Cl)C(=O)CCSc1ccccc1. The van der Waals surface area contributed by atoms with Gasteiger partial charge in [-0.1, -0.05) is 47.5 Å². The zero-order valence-corrected chi connectivity index (χ0v) is 20.1. The Balaban J connectivity index is 2.14. The lowest BCUT2D eigenvalue weighted by molar-refractivity contribution is -0.140. The Morgan fingerprint density at radius 2 is 1.77 bits per heavy atom. The van der Waals surface area contributed by atoms with Crippen LogP contribution in [0.25, 0.3) is 0 Å². The summed E-state index contributed by atoms with van der Waals surface area (Å²) in [5.74, 6) is 0.332. The fraction of sp³-hybridized carbons (Fsp3) is 0.391. The van der Waals surface area contributed by atoms with Crippen LogP contribution in [0.1, 0.15) is 39.7 Å². The number of nitrogens with zero attached hydrogens (tertiary/aromatic N) is 1. The maximum absolute atomic E-state index is 13.1. The molecule has 30 heavy (non-hydrogen) atoms. The molecule has 1 N–H and O–H groups in total. The molecule has 0 spiro atoms. The number of carbonyl (C=O) groups is 2. The van der Waals surface area contributed by atoms with E-state index in [4.69, 9.17) is 23.2 Å². The molecule has 0 aliphatic rings. The molecule has 0 heterocycles. The van der Waals surface area contributed by atoms with E-state index in [0.717, 1.165) is 10.5 Å². The number of amides is 2. The van der Waals surface area contributed by atoms with Gasteiger partial charge < -0.3 is 10.2 Å². The minimum absolute atomic E-state index is 0.0963. The van der Waals surface area contributed by atoms with Gasteiger partial charge in [0.05, 0.1) is 0 Å². The van der Waals surface area contributed by atoms with Crippen LogP contribution < -0.4 is 5.32 Å². The number of nitrogens with one attached hydrogen (secondary N) is 1. The summed E-state index contributed by atoms with van der Waals surface area (Å²) in [6, 6.07) is 14.5. The molecule has 2 rings (SSSR count). The monoisotopic (exact) mass is 466 g/mol. The lowest BCUT2D eigenvalue weighted by Crippen LogP contribution is -2.52. The Kier molecular flexibility index (Phi) is 9.08. The zero-order valence-electron chi connectivity index (χ0n) is 17.7. The highest BCUT2D eigenvalue weighted by molar-refractivity contribution is 7.99. The van der Waals surface area contributed by atoms with E-state index in [1.54, 1.807) is 41.8 Å². The summed E-state index contributed by atoms with van der Waals surface area (Å²) in [5.41, 5.74) is 0.363. The molecule has 4 nitrogen and oxygen atoms in total. The third kappa shape index (κ3) is 7.86. The molecule has 1 unspecified atom stereocenters. The highest BCUT2D eigenvalue weighted by atomic mass is 35.5. The standard InChI is InChI=1S/C23H28Cl2N2O2S/c1-16(22(29)26-23(2,3)4)27(15-17-10-11-18(24)14-20(17)25)21(28)12-13-30-19-8-6-5-7-9-19/h5-11,14,16H,12-13,15H2,1-4H3,(H,26,29). The smallest absolute Gasteiger partial charge is 0.242 e. The van der Waals surface area contributed by atoms with E-state index in [1.807, 2.05) is 51.1 Å². The number of carbonyl (C=O) groups excluding carboxylic acids is 2. The molecule has 7 heteroatoms. The van der Waals surface area contributed by atoms with Crippen LogP contribution in [0.3, 0.4) is 0 Å². The largest absolute Gasteiger partial charge is 0.350 e. The van der Waals surface area contributed by atoms with Gasteiger partial charge in [-0.15, -0.1) is 11.8 Å². The third-order valence-electron chi connectivity index (χ3n) is 4.35. The first-order valence-electron chi connectivity index (χ1n) is 9.80. The summed E-state index contributed by atoms with van der Waals surface area (Å²) in [4.78, 5) is 28.5. The van der Waals surface area contributed by atoms with Gasteiger partial charge in [0.25, 0.3) is 0 Å². The summed E-state index contributed by atoms with van der Waals surface area (Å²) < 4.78 is 0. The predicted molar refractivity (Wildman–Crippen MR) is 126 cm³/mol. The van der Waals surface area contributed by atoms with Gasteiger partial charge in [-0.25, -0.2) is 0 Å². The van der Waals surface area contributed by atoms with E-state index in [0.29, 0.717) is 22.2 Å². The Morgan fingerprint density at radius 3 is 2.37 bits per heavy atom. The van der Waals surface area contributed by atoms with Crippen LogP contribution in [-0.4, -0.2) is 34.0 Å². The molecule has 0 aliphatic heterocycles. The van der Waals surface area contributed by atoms with Crippen LogP contribution in [0.4, 0.5) is 0 Å². The van der Waals surface area contributed by atoms with Gasteiger partial charge in [0, 0.05) is 39.2 Å². The van der Waals surface area contributed by atoms with E-state index in [9.17, 15) is 9.59 Å². The average Bonchev–Trinajstić information content (AvgIpc) is 2.66. The summed E-state index contributed by atoms with van der Waals surface area (Å²) in [5, 5.41) is 3.96. The lowest BCUT2D eigenvalue weighted by atomic mass is 10.1. The first-order chi connectivity index (χ1) is 14.1. The molecule has 0 aromatic heterocycles. The molecule has 0 aliphatic carbocycles. The Bertz CT molecular complexity index is 869. The molecular weight excluding hydrogens is 439 g/mol. The quantitative estimate of drug-likeness (QED) is 0.499. The molecule has 0 bridgehead atoms. The molecule has 0 radical (unpaired) electrons. The molecule has 1 atom stereocenters. The minimum atomic E-state index is -0.634. The van der Waals surface area contributed by atoms with Crippen LogP contribution in [0, 0.1) is 0 Å². The second-order valence-corrected chi connectivity index (χ2v) is 10.1. The van der Waals surface area contributed by atoms with E-state index < -0.39 is 6.04 Å². The van der Waals surface area contributed by atoms with Crippen molar-refractivity contribution in [3.8, 4) is 0 Å². The van der Waals surface area contributed by atoms with Crippen molar-refractivity contribution in [1.29, 1.82) is 0 Å². The fourth-order valence-corrected chi connectivity index (χ4v) is 4.14. The summed E-state index contributed by atoms with van der Waals surface area (Å²) in [6.07, 6.45) is 0.317. The average molecular weight is 467 g/mol. The van der Waals surface area contributed by atoms with Crippen molar-refractivity contribution in [2.24, 2.45) is 0 Å². The molecule has 0 fully saturated rings. The molecular formula is C23H28Cl2N2O2S. The number of benzene rings is 2. The van der Waals surface area contributed by atoms with Crippen molar-refractivity contribution in [1.82, 2.24) is 10.2 Å². The predicted octanol–water partition coefficient (Wildman–Crippen LogP) is 5.81. The van der Waals surface area contributed by atoms with Gasteiger partial charge in [-0.3, -0.25) is 9.59 Å². The lowest BCUT2D eigenvalue weighted by Gasteiger charge is -2.31. The number of hydrogen-bond donors (Lipinski definition) is 1. The van der Waals surface area contributed by atoms with Crippen LogP contribution in [0.5, 0.6) is 0 Å². The Hall–Kier alpha value is -1.69. The van der Waals surface area contributed by atoms with Gasteiger partial charge in [0.1, 0.15) is 6.04 Å². The third-order valence-corrected chi connectivity index (χ3v) is 5.95. The van der Waals surface area contributed by atoms with Gasteiger partial charge >= 0.3 is 0 Å². The first kappa shape index (κ1) is 24.6. The van der Waals surface area contributed by atoms with Crippen molar-refractivity contribution in [2.75, 3.05) is 5.75 Å². The van der Waals surface area contributed by atoms with Crippen molar-refractivity contribution in [3.63, 3.8) is 0 Å². The van der Waals surface area contributed by atoms with E-state index in [2.05, 4.69) is 5.32 Å². The maximum atomic E-state index is 13.1. The maximum Gasteiger partial charge on any atom is 0.242 e. The van der Waals surface area contributed by atoms with Crippen molar-refractivity contribution in [3.05, 3.63) is 64.1 Å². The van der Waals surface area contributed by atoms with Crippen LogP contribution in [0.2, 0.25) is 10.0 Å². The van der Waals surface area contributed by atoms with Gasteiger partial charge in [-0.05, 0) is 57.5 Å². The van der Waals surface area contributed by atoms with Gasteiger partial charge in [-0.2, -0.15) is 0 Å². The number of rotatable bonds is 8. The molecule has 162 valence electrons. The molecule has 0 saturated carbocycles. The normalized spacial score (nSPS) is 12.3. The topological polar surface area (TPSA) is 49.4 Å². The molecule has 2 aromatic carbocycles. The molecule has 2 amide bonds. The van der Waals surface area contributed by atoms with Crippen molar-refractivity contribution < 1.29 is 9.59 Å². The fourth-order valence-electron chi connectivity index (χ4n) is 2.81. The van der Waals surface area contributed by atoms with Gasteiger partial charge in [0.15, 0.2) is 0 Å². The summed E-state index contributed by atoms with van der Waals surface area (Å²) in [6.45, 7) is 7.72. The Labute approximate surface area is 193 Å². The second-order valence-electron chi connectivity index (χ2n) is 8.08. The number of hydrogen-bond acceptors (Lipinski definition) is 3. The first-order valence-corrected chi connectivity index (χ1v) is 11.5. The van der Waals surface area contributed by atoms with E-state index in [1.165, 1.54) is 0 Å². The Morgan fingerprint density at radius 1 is 1.10 bits per heavy atom. The number of halogens is 2. The van der Waals surface area contributed by atoms with Crippen LogP contribution >= 0.6 is 35.0 Å². The van der Waals surface area contributed by atoms with E-state index >= 15 is 0 Å². The molecule has 0 saturated heterocycles. The van der Waals surface area contributed by atoms with Crippen LogP contribution in [-0.2, 0) is 16.1 Å². The summed E-state index contributed by atoms with van der Waals surface area (Å²) >= 11 is 13.9. The highest BCUT2D eigenvalue weighted by Crippen LogP contribution is 2.24. The van der Waals surface area contributed by atoms with E-state index in [-0.39, 0.29) is 23.9 Å². The highest BCUT2D eigenvalue weighted by Gasteiger charge is 2.28. The number of thioether (sulfide) groups is 1. The second kappa shape index (κ2) is 11.1. The zero-order chi connectivity index (χ0) is 22.3. The summed E-state index contributed by atoms with van der Waals surface area (Å²) in [7, 11) is 0. The molecule has 2 aromatic rings. The van der Waals surface area contributed by atoms with Crippen molar-refractivity contribution in [2.45, 2.75) is 57.1 Å². The van der Waals surface area contributed by atoms with Crippen LogP contribution in [0.15, 0.2) is 53.4 Å². The minimum Gasteiger partial charge on any atom is -0.350 e. The van der Waals surface area contributed by atoms with Gasteiger partial charge in [0.2, 0.25) is 11.8 Å².